The van der Waals surface area contributed by atoms with Crippen LogP contribution in [-0.4, -0.2) is 23.5 Å². The summed E-state index contributed by atoms with van der Waals surface area (Å²) < 4.78 is 0.624. The van der Waals surface area contributed by atoms with Crippen LogP contribution in [0.3, 0.4) is 0 Å². The summed E-state index contributed by atoms with van der Waals surface area (Å²) in [6, 6.07) is 3.72. The van der Waals surface area contributed by atoms with Crippen molar-refractivity contribution < 1.29 is 39.5 Å². The van der Waals surface area contributed by atoms with Crippen LogP contribution in [0.2, 0.25) is 0 Å². The van der Waals surface area contributed by atoms with Crippen LogP contribution in [0.15, 0.2) is 16.6 Å². The molecule has 0 unspecified atom stereocenters. The van der Waals surface area contributed by atoms with Crippen LogP contribution in [0.1, 0.15) is 54.9 Å². The van der Waals surface area contributed by atoms with E-state index in [1.807, 2.05) is 0 Å². The summed E-state index contributed by atoms with van der Waals surface area (Å²) in [6.07, 6.45) is 6.31. The molecule has 1 aliphatic rings. The zero-order valence-corrected chi connectivity index (χ0v) is 17.0. The first-order chi connectivity index (χ1) is 10.0. The summed E-state index contributed by atoms with van der Waals surface area (Å²) in [5.41, 5.74) is 7.75. The third kappa shape index (κ3) is 4.96. The maximum absolute atomic E-state index is 11.1. The van der Waals surface area contributed by atoms with Crippen LogP contribution < -0.4 is 40.4 Å². The second kappa shape index (κ2) is 9.28. The van der Waals surface area contributed by atoms with Gasteiger partial charge in [-0.1, -0.05) is 26.2 Å². The smallest absolute Gasteiger partial charge is 0.545 e. The first-order valence-electron chi connectivity index (χ1n) is 7.56. The third-order valence-corrected chi connectivity index (χ3v) is 4.98. The fourth-order valence-corrected chi connectivity index (χ4v) is 3.59. The van der Waals surface area contributed by atoms with Gasteiger partial charge < -0.3 is 15.6 Å². The Bertz CT molecular complexity index is 519. The number of hydrogen-bond acceptors (Lipinski definition) is 4. The van der Waals surface area contributed by atoms with Crippen LogP contribution in [0, 0.1) is 0 Å². The monoisotopic (exact) mass is 376 g/mol. The fraction of sp³-hybridized carbons (Fsp3) is 0.562. The number of carboxylic acid groups (broad SMARTS) is 1. The van der Waals surface area contributed by atoms with Gasteiger partial charge >= 0.3 is 29.6 Å². The van der Waals surface area contributed by atoms with Crippen LogP contribution in [0.4, 0.5) is 5.69 Å². The van der Waals surface area contributed by atoms with Crippen molar-refractivity contribution in [1.82, 2.24) is 4.90 Å². The number of hydrogen-bond donors (Lipinski definition) is 1. The number of halogens is 1. The van der Waals surface area contributed by atoms with Gasteiger partial charge in [-0.2, -0.15) is 0 Å². The molecule has 1 aromatic carbocycles. The van der Waals surface area contributed by atoms with Crippen LogP contribution in [-0.2, 0) is 6.54 Å². The van der Waals surface area contributed by atoms with E-state index in [0.717, 1.165) is 12.1 Å². The Morgan fingerprint density at radius 1 is 1.36 bits per heavy atom. The van der Waals surface area contributed by atoms with E-state index in [9.17, 15) is 9.90 Å². The first kappa shape index (κ1) is 20.0. The number of carbonyl (C=O) groups is 1. The molecule has 0 bridgehead atoms. The quantitative estimate of drug-likeness (QED) is 0.558. The van der Waals surface area contributed by atoms with Gasteiger partial charge in [-0.05, 0) is 58.6 Å². The van der Waals surface area contributed by atoms with Crippen LogP contribution in [0.25, 0.3) is 0 Å². The number of benzene rings is 1. The molecule has 1 aromatic rings. The maximum atomic E-state index is 11.1. The second-order valence-corrected chi connectivity index (χ2v) is 6.53. The molecular weight excluding hydrogens is 355 g/mol. The molecule has 0 spiro atoms. The third-order valence-electron chi connectivity index (χ3n) is 4.32. The van der Waals surface area contributed by atoms with Crippen LogP contribution in [0.5, 0.6) is 0 Å². The van der Waals surface area contributed by atoms with E-state index in [1.165, 1.54) is 38.2 Å². The standard InChI is InChI=1S/C16H23BrN2O2.Na/c1-2-19(13-6-4-3-5-7-13)10-12-8-11(16(20)21)9-14(17)15(12)18;/h8-9,13H,2-7,10,18H2,1H3,(H,20,21);/q;+1/p-1. The molecule has 1 saturated carbocycles. The number of carboxylic acids is 1. The average Bonchev–Trinajstić information content (AvgIpc) is 2.49. The molecule has 6 heteroatoms. The fourth-order valence-electron chi connectivity index (χ4n) is 3.09. The van der Waals surface area contributed by atoms with Crippen molar-refractivity contribution in [1.29, 1.82) is 0 Å². The molecule has 116 valence electrons. The Morgan fingerprint density at radius 2 is 2.00 bits per heavy atom. The van der Waals surface area contributed by atoms with Gasteiger partial charge in [-0.3, -0.25) is 4.90 Å². The number of rotatable bonds is 5. The number of carbonyl (C=O) groups excluding carboxylic acids is 1. The molecule has 1 aliphatic carbocycles. The molecule has 4 nitrogen and oxygen atoms in total. The van der Waals surface area contributed by atoms with Gasteiger partial charge in [0.05, 0.1) is 11.7 Å². The van der Waals surface area contributed by atoms with Gasteiger partial charge in [0.25, 0.3) is 0 Å². The topological polar surface area (TPSA) is 69.4 Å². The van der Waals surface area contributed by atoms with Crippen molar-refractivity contribution in [3.05, 3.63) is 27.7 Å². The largest absolute Gasteiger partial charge is 1.00 e. The molecule has 0 aromatic heterocycles. The summed E-state index contributed by atoms with van der Waals surface area (Å²) in [7, 11) is 0. The molecule has 0 amide bonds. The predicted molar refractivity (Wildman–Crippen MR) is 85.8 cm³/mol. The minimum absolute atomic E-state index is 0. The molecule has 2 rings (SSSR count). The van der Waals surface area contributed by atoms with E-state index in [-0.39, 0.29) is 35.1 Å². The SMILES string of the molecule is CCN(Cc1cc(C(=O)[O-])cc(Br)c1N)C1CCCCC1.[Na+]. The zero-order valence-electron chi connectivity index (χ0n) is 13.4. The van der Waals surface area contributed by atoms with Crippen LogP contribution >= 0.6 is 15.9 Å². The van der Waals surface area contributed by atoms with E-state index < -0.39 is 5.97 Å². The molecule has 0 saturated heterocycles. The van der Waals surface area contributed by atoms with E-state index in [2.05, 4.69) is 27.8 Å². The number of aromatic carboxylic acids is 1. The van der Waals surface area contributed by atoms with Crippen molar-refractivity contribution >= 4 is 27.6 Å². The number of nitrogens with two attached hydrogens (primary N) is 1. The van der Waals surface area contributed by atoms with Gasteiger partial charge in [-0.25, -0.2) is 0 Å². The summed E-state index contributed by atoms with van der Waals surface area (Å²) in [5.74, 6) is -1.17. The van der Waals surface area contributed by atoms with Gasteiger partial charge in [0.15, 0.2) is 0 Å². The Balaban J connectivity index is 0.00000242. The average molecular weight is 377 g/mol. The van der Waals surface area contributed by atoms with Crippen molar-refractivity contribution in [3.8, 4) is 0 Å². The van der Waals surface area contributed by atoms with E-state index in [4.69, 9.17) is 5.73 Å². The Hall–Kier alpha value is -0.0700. The molecule has 2 N–H and O–H groups in total. The van der Waals surface area contributed by atoms with Gasteiger partial charge in [0.2, 0.25) is 0 Å². The van der Waals surface area contributed by atoms with E-state index >= 15 is 0 Å². The first-order valence-corrected chi connectivity index (χ1v) is 8.35. The van der Waals surface area contributed by atoms with Crippen molar-refractivity contribution in [3.63, 3.8) is 0 Å². The summed E-state index contributed by atoms with van der Waals surface area (Å²) in [4.78, 5) is 13.5. The summed E-state index contributed by atoms with van der Waals surface area (Å²) in [6.45, 7) is 3.77. The van der Waals surface area contributed by atoms with Crippen molar-refractivity contribution in [2.75, 3.05) is 12.3 Å². The minimum atomic E-state index is -1.17. The summed E-state index contributed by atoms with van der Waals surface area (Å²) >= 11 is 3.34. The van der Waals surface area contributed by atoms with E-state index in [1.54, 1.807) is 6.07 Å². The zero-order chi connectivity index (χ0) is 15.4. The molecule has 1 fully saturated rings. The van der Waals surface area contributed by atoms with Gasteiger partial charge in [-0.15, -0.1) is 0 Å². The van der Waals surface area contributed by atoms with Crippen molar-refractivity contribution in [2.24, 2.45) is 0 Å². The number of nitrogens with zero attached hydrogens (tertiary/aromatic N) is 1. The second-order valence-electron chi connectivity index (χ2n) is 5.67. The molecule has 0 atom stereocenters. The number of nitrogen functional groups attached to an aromatic ring is 1. The van der Waals surface area contributed by atoms with E-state index in [0.29, 0.717) is 22.7 Å². The molecule has 22 heavy (non-hydrogen) atoms. The normalized spacial score (nSPS) is 15.6. The molecular formula is C16H22BrN2NaO2. The minimum Gasteiger partial charge on any atom is -0.545 e. The van der Waals surface area contributed by atoms with Gasteiger partial charge in [0.1, 0.15) is 0 Å². The van der Waals surface area contributed by atoms with Crippen molar-refractivity contribution in [2.45, 2.75) is 51.6 Å². The molecule has 0 radical (unpaired) electrons. The number of anilines is 1. The Labute approximate surface area is 162 Å². The summed E-state index contributed by atoms with van der Waals surface area (Å²) in [5, 5.41) is 11.1. The molecule has 0 heterocycles. The Morgan fingerprint density at radius 3 is 2.55 bits per heavy atom. The molecule has 0 aliphatic heterocycles. The Kier molecular flexibility index (Phi) is 8.43. The van der Waals surface area contributed by atoms with Gasteiger partial charge in [0, 0.05) is 17.1 Å². The maximum Gasteiger partial charge on any atom is 1.00 e. The predicted octanol–water partition coefficient (Wildman–Crippen LogP) is -0.447.